The number of nitrogens with one attached hydrogen (secondary N) is 1. The van der Waals surface area contributed by atoms with E-state index in [2.05, 4.69) is 10.4 Å². The van der Waals surface area contributed by atoms with Crippen molar-refractivity contribution in [3.05, 3.63) is 105 Å². The highest BCUT2D eigenvalue weighted by atomic mass is 35.5. The van der Waals surface area contributed by atoms with Gasteiger partial charge in [-0.1, -0.05) is 54.1 Å². The van der Waals surface area contributed by atoms with Gasteiger partial charge >= 0.3 is 0 Å². The van der Waals surface area contributed by atoms with Crippen LogP contribution >= 0.6 is 11.6 Å². The van der Waals surface area contributed by atoms with Crippen LogP contribution in [-0.2, 0) is 24.4 Å². The minimum atomic E-state index is -0.313. The molecule has 0 unspecified atom stereocenters. The third-order valence-electron chi connectivity index (χ3n) is 5.97. The number of hydrogen-bond acceptors (Lipinski definition) is 4. The third kappa shape index (κ3) is 4.63. The molecule has 0 spiro atoms. The Bertz CT molecular complexity index is 1570. The number of amides is 1. The standard InChI is InChI=1S/C27H23ClN4O3/c1-35-21-12-8-18(9-13-21)14-29-25(33)17-32-27(34)26-23(15-30-32)22-4-2-3-5-24(22)31(26)16-19-6-10-20(28)11-7-19/h2-13,15H,14,16-17H2,1H3,(H,29,33). The van der Waals surface area contributed by atoms with Gasteiger partial charge in [0, 0.05) is 34.4 Å². The molecule has 0 radical (unpaired) electrons. The van der Waals surface area contributed by atoms with Crippen molar-refractivity contribution >= 4 is 39.3 Å². The summed E-state index contributed by atoms with van der Waals surface area (Å²) < 4.78 is 8.34. The van der Waals surface area contributed by atoms with Crippen LogP contribution in [0.4, 0.5) is 0 Å². The fourth-order valence-electron chi connectivity index (χ4n) is 4.18. The van der Waals surface area contributed by atoms with Gasteiger partial charge in [-0.2, -0.15) is 5.10 Å². The van der Waals surface area contributed by atoms with Gasteiger partial charge < -0.3 is 14.6 Å². The average Bonchev–Trinajstić information content (AvgIpc) is 3.20. The first-order chi connectivity index (χ1) is 17.0. The monoisotopic (exact) mass is 486 g/mol. The predicted octanol–water partition coefficient (Wildman–Crippen LogP) is 4.38. The van der Waals surface area contributed by atoms with Crippen LogP contribution in [0.1, 0.15) is 11.1 Å². The first-order valence-corrected chi connectivity index (χ1v) is 11.5. The van der Waals surface area contributed by atoms with E-state index in [-0.39, 0.29) is 18.0 Å². The maximum Gasteiger partial charge on any atom is 0.291 e. The van der Waals surface area contributed by atoms with Gasteiger partial charge in [0.25, 0.3) is 5.56 Å². The zero-order valence-corrected chi connectivity index (χ0v) is 19.8. The molecule has 2 heterocycles. The lowest BCUT2D eigenvalue weighted by atomic mass is 10.2. The molecular formula is C27H23ClN4O3. The molecule has 0 atom stereocenters. The van der Waals surface area contributed by atoms with Crippen molar-refractivity contribution in [1.29, 1.82) is 0 Å². The van der Waals surface area contributed by atoms with Crippen molar-refractivity contribution in [2.24, 2.45) is 0 Å². The van der Waals surface area contributed by atoms with E-state index in [1.54, 1.807) is 13.3 Å². The second-order valence-corrected chi connectivity index (χ2v) is 8.66. The van der Waals surface area contributed by atoms with Crippen molar-refractivity contribution < 1.29 is 9.53 Å². The van der Waals surface area contributed by atoms with E-state index in [1.807, 2.05) is 77.4 Å². The molecule has 176 valence electrons. The number of halogens is 1. The number of aromatic nitrogens is 3. The minimum Gasteiger partial charge on any atom is -0.497 e. The summed E-state index contributed by atoms with van der Waals surface area (Å²) in [6.45, 7) is 0.661. The van der Waals surface area contributed by atoms with Crippen LogP contribution in [0.25, 0.3) is 21.8 Å². The first kappa shape index (κ1) is 22.7. The molecule has 2 aromatic heterocycles. The lowest BCUT2D eigenvalue weighted by Gasteiger charge is -2.10. The molecule has 1 amide bonds. The van der Waals surface area contributed by atoms with Crippen LogP contribution in [0.2, 0.25) is 5.02 Å². The first-order valence-electron chi connectivity index (χ1n) is 11.1. The number of hydrogen-bond donors (Lipinski definition) is 1. The molecule has 0 saturated carbocycles. The van der Waals surface area contributed by atoms with Crippen LogP contribution in [0.3, 0.4) is 0 Å². The van der Waals surface area contributed by atoms with Crippen molar-refractivity contribution in [2.75, 3.05) is 7.11 Å². The third-order valence-corrected chi connectivity index (χ3v) is 6.22. The molecular weight excluding hydrogens is 464 g/mol. The summed E-state index contributed by atoms with van der Waals surface area (Å²) in [5.74, 6) is 0.452. The maximum absolute atomic E-state index is 13.5. The van der Waals surface area contributed by atoms with Gasteiger partial charge in [-0.05, 0) is 41.5 Å². The zero-order valence-electron chi connectivity index (χ0n) is 19.1. The lowest BCUT2D eigenvalue weighted by molar-refractivity contribution is -0.122. The van der Waals surface area contributed by atoms with Crippen LogP contribution in [0.5, 0.6) is 5.75 Å². The van der Waals surface area contributed by atoms with E-state index in [0.29, 0.717) is 23.6 Å². The zero-order chi connectivity index (χ0) is 24.4. The van der Waals surface area contributed by atoms with Gasteiger partial charge in [-0.25, -0.2) is 4.68 Å². The van der Waals surface area contributed by atoms with Gasteiger partial charge in [0.15, 0.2) is 0 Å². The average molecular weight is 487 g/mol. The Kier molecular flexibility index (Phi) is 6.25. The number of carbonyl (C=O) groups excluding carboxylic acids is 1. The van der Waals surface area contributed by atoms with Crippen LogP contribution in [0, 0.1) is 0 Å². The summed E-state index contributed by atoms with van der Waals surface area (Å²) in [5, 5.41) is 9.51. The van der Waals surface area contributed by atoms with E-state index < -0.39 is 0 Å². The SMILES string of the molecule is COc1ccc(CNC(=O)Cn2ncc3c4ccccc4n(Cc4ccc(Cl)cc4)c3c2=O)cc1. The van der Waals surface area contributed by atoms with E-state index in [1.165, 1.54) is 4.68 Å². The van der Waals surface area contributed by atoms with Crippen molar-refractivity contribution in [1.82, 2.24) is 19.7 Å². The molecule has 5 rings (SSSR count). The molecule has 7 nitrogen and oxygen atoms in total. The summed E-state index contributed by atoms with van der Waals surface area (Å²) >= 11 is 6.04. The van der Waals surface area contributed by atoms with E-state index in [0.717, 1.165) is 33.2 Å². The van der Waals surface area contributed by atoms with E-state index in [9.17, 15) is 9.59 Å². The minimum absolute atomic E-state index is 0.173. The molecule has 8 heteroatoms. The molecule has 3 aromatic carbocycles. The Morgan fingerprint density at radius 3 is 2.43 bits per heavy atom. The summed E-state index contributed by atoms with van der Waals surface area (Å²) in [4.78, 5) is 26.1. The van der Waals surface area contributed by atoms with Gasteiger partial charge in [-0.15, -0.1) is 0 Å². The largest absolute Gasteiger partial charge is 0.497 e. The van der Waals surface area contributed by atoms with Crippen LogP contribution in [0.15, 0.2) is 83.8 Å². The number of ether oxygens (including phenoxy) is 1. The molecule has 0 aliphatic heterocycles. The van der Waals surface area contributed by atoms with Crippen molar-refractivity contribution in [3.8, 4) is 5.75 Å². The molecule has 5 aromatic rings. The number of carbonyl (C=O) groups is 1. The number of methoxy groups -OCH3 is 1. The Balaban J connectivity index is 1.45. The van der Waals surface area contributed by atoms with E-state index in [4.69, 9.17) is 16.3 Å². The Labute approximate surface area is 206 Å². The highest BCUT2D eigenvalue weighted by Gasteiger charge is 2.17. The molecule has 0 aliphatic rings. The van der Waals surface area contributed by atoms with Crippen LogP contribution < -0.4 is 15.6 Å². The Hall–Kier alpha value is -4.10. The summed E-state index contributed by atoms with van der Waals surface area (Å²) in [6.07, 6.45) is 1.66. The molecule has 0 aliphatic carbocycles. The number of para-hydroxylation sites is 1. The highest BCUT2D eigenvalue weighted by molar-refractivity contribution is 6.30. The summed E-state index contributed by atoms with van der Waals surface area (Å²) in [5.41, 5.74) is 3.07. The molecule has 0 fully saturated rings. The van der Waals surface area contributed by atoms with Gasteiger partial charge in [0.2, 0.25) is 5.91 Å². The fraction of sp³-hybridized carbons (Fsp3) is 0.148. The smallest absolute Gasteiger partial charge is 0.291 e. The van der Waals surface area contributed by atoms with E-state index >= 15 is 0 Å². The lowest BCUT2D eigenvalue weighted by Crippen LogP contribution is -2.33. The molecule has 0 saturated heterocycles. The van der Waals surface area contributed by atoms with Gasteiger partial charge in [0.1, 0.15) is 17.8 Å². The predicted molar refractivity (Wildman–Crippen MR) is 137 cm³/mol. The van der Waals surface area contributed by atoms with Crippen molar-refractivity contribution in [2.45, 2.75) is 19.6 Å². The Morgan fingerprint density at radius 2 is 1.69 bits per heavy atom. The van der Waals surface area contributed by atoms with Crippen LogP contribution in [-0.4, -0.2) is 27.4 Å². The van der Waals surface area contributed by atoms with Gasteiger partial charge in [-0.3, -0.25) is 9.59 Å². The normalized spacial score (nSPS) is 11.1. The highest BCUT2D eigenvalue weighted by Crippen LogP contribution is 2.27. The second-order valence-electron chi connectivity index (χ2n) is 8.22. The number of benzene rings is 3. The summed E-state index contributed by atoms with van der Waals surface area (Å²) in [6, 6.07) is 22.8. The topological polar surface area (TPSA) is 78.2 Å². The second kappa shape index (κ2) is 9.64. The molecule has 0 bridgehead atoms. The summed E-state index contributed by atoms with van der Waals surface area (Å²) in [7, 11) is 1.60. The molecule has 1 N–H and O–H groups in total. The maximum atomic E-state index is 13.5. The number of fused-ring (bicyclic) bond motifs is 3. The van der Waals surface area contributed by atoms with Crippen molar-refractivity contribution in [3.63, 3.8) is 0 Å². The van der Waals surface area contributed by atoms with Gasteiger partial charge in [0.05, 0.1) is 13.3 Å². The number of rotatable bonds is 7. The molecule has 35 heavy (non-hydrogen) atoms. The number of nitrogens with zero attached hydrogens (tertiary/aromatic N) is 3. The quantitative estimate of drug-likeness (QED) is 0.370. The fourth-order valence-corrected chi connectivity index (χ4v) is 4.30. The Morgan fingerprint density at radius 1 is 0.971 bits per heavy atom.